The number of carboxylic acid groups (broad SMARTS) is 1. The van der Waals surface area contributed by atoms with Crippen molar-refractivity contribution in [3.8, 4) is 0 Å². The van der Waals surface area contributed by atoms with Gasteiger partial charge in [0.25, 0.3) is 0 Å². The lowest BCUT2D eigenvalue weighted by Gasteiger charge is -2.23. The van der Waals surface area contributed by atoms with E-state index in [4.69, 9.17) is 0 Å². The van der Waals surface area contributed by atoms with Crippen LogP contribution in [0.2, 0.25) is 0 Å². The molecule has 25 heavy (non-hydrogen) atoms. The number of carboxylic acids is 1. The Kier molecular flexibility index (Phi) is 4.82. The van der Waals surface area contributed by atoms with E-state index in [1.807, 2.05) is 0 Å². The lowest BCUT2D eigenvalue weighted by molar-refractivity contribution is 0.0696. The summed E-state index contributed by atoms with van der Waals surface area (Å²) in [6.45, 7) is 0.0717. The van der Waals surface area contributed by atoms with Gasteiger partial charge in [0.05, 0.1) is 22.7 Å². The van der Waals surface area contributed by atoms with Gasteiger partial charge in [-0.25, -0.2) is 13.2 Å². The smallest absolute Gasteiger partial charge is 0.335 e. The van der Waals surface area contributed by atoms with Crippen LogP contribution in [0.4, 0.5) is 0 Å². The molecule has 1 aromatic heterocycles. The summed E-state index contributed by atoms with van der Waals surface area (Å²) in [6.07, 6.45) is 7.71. The van der Waals surface area contributed by atoms with Crippen LogP contribution in [0, 0.1) is 0 Å². The van der Waals surface area contributed by atoms with E-state index in [9.17, 15) is 18.3 Å². The van der Waals surface area contributed by atoms with Crippen molar-refractivity contribution >= 4 is 16.0 Å². The van der Waals surface area contributed by atoms with Crippen LogP contribution in [0.3, 0.4) is 0 Å². The van der Waals surface area contributed by atoms with E-state index in [0.29, 0.717) is 18.5 Å². The van der Waals surface area contributed by atoms with Gasteiger partial charge in [0, 0.05) is 25.6 Å². The number of sulfonamides is 1. The Labute approximate surface area is 146 Å². The van der Waals surface area contributed by atoms with Crippen molar-refractivity contribution < 1.29 is 18.3 Å². The minimum absolute atomic E-state index is 0.00660. The lowest BCUT2D eigenvalue weighted by atomic mass is 9.90. The SMILES string of the molecule is CN(Cc1cnccn1)S(=O)(=O)c1cc(C(=O)O)cc2c1CCCC2. The van der Waals surface area contributed by atoms with E-state index in [2.05, 4.69) is 9.97 Å². The Balaban J connectivity index is 2.04. The fourth-order valence-electron chi connectivity index (χ4n) is 3.07. The van der Waals surface area contributed by atoms with Crippen molar-refractivity contribution in [3.05, 3.63) is 53.1 Å². The number of aromatic carboxylic acids is 1. The van der Waals surface area contributed by atoms with Gasteiger partial charge in [0.1, 0.15) is 0 Å². The molecule has 0 atom stereocenters. The van der Waals surface area contributed by atoms with E-state index in [0.717, 1.165) is 24.0 Å². The summed E-state index contributed by atoms with van der Waals surface area (Å²) in [6, 6.07) is 2.87. The third-order valence-corrected chi connectivity index (χ3v) is 6.23. The molecule has 0 amide bonds. The number of aryl methyl sites for hydroxylation is 1. The molecule has 1 heterocycles. The average Bonchev–Trinajstić information content (AvgIpc) is 2.61. The molecule has 0 spiro atoms. The molecule has 7 nitrogen and oxygen atoms in total. The fraction of sp³-hybridized carbons (Fsp3) is 0.353. The van der Waals surface area contributed by atoms with E-state index >= 15 is 0 Å². The molecular weight excluding hydrogens is 342 g/mol. The number of rotatable bonds is 5. The third kappa shape index (κ3) is 3.54. The van der Waals surface area contributed by atoms with Gasteiger partial charge in [-0.2, -0.15) is 4.31 Å². The quantitative estimate of drug-likeness (QED) is 0.873. The number of benzene rings is 1. The minimum atomic E-state index is -3.83. The molecule has 0 bridgehead atoms. The zero-order valence-electron chi connectivity index (χ0n) is 13.8. The molecule has 1 N–H and O–H groups in total. The Morgan fingerprint density at radius 3 is 2.68 bits per heavy atom. The molecule has 3 rings (SSSR count). The Morgan fingerprint density at radius 1 is 1.24 bits per heavy atom. The maximum absolute atomic E-state index is 13.1. The van der Waals surface area contributed by atoms with Crippen molar-refractivity contribution in [1.82, 2.24) is 14.3 Å². The second-order valence-corrected chi connectivity index (χ2v) is 8.10. The summed E-state index contributed by atoms with van der Waals surface area (Å²) in [7, 11) is -2.37. The number of aromatic nitrogens is 2. The molecule has 1 aliphatic carbocycles. The third-order valence-electron chi connectivity index (χ3n) is 4.36. The fourth-order valence-corrected chi connectivity index (χ4v) is 4.53. The van der Waals surface area contributed by atoms with Gasteiger partial charge in [-0.3, -0.25) is 9.97 Å². The summed E-state index contributed by atoms with van der Waals surface area (Å²) in [5, 5.41) is 9.32. The zero-order valence-corrected chi connectivity index (χ0v) is 14.7. The highest BCUT2D eigenvalue weighted by atomic mass is 32.2. The molecule has 1 aliphatic rings. The molecular formula is C17H19N3O4S. The lowest BCUT2D eigenvalue weighted by Crippen LogP contribution is -2.29. The summed E-state index contributed by atoms with van der Waals surface area (Å²) in [5.74, 6) is -1.12. The van der Waals surface area contributed by atoms with Gasteiger partial charge in [-0.15, -0.1) is 0 Å². The molecule has 0 saturated carbocycles. The Hall–Kier alpha value is -2.32. The van der Waals surface area contributed by atoms with Gasteiger partial charge in [0.2, 0.25) is 10.0 Å². The van der Waals surface area contributed by atoms with Crippen LogP contribution < -0.4 is 0 Å². The zero-order chi connectivity index (χ0) is 18.0. The predicted molar refractivity (Wildman–Crippen MR) is 90.7 cm³/mol. The monoisotopic (exact) mass is 361 g/mol. The van der Waals surface area contributed by atoms with Crippen LogP contribution in [0.25, 0.3) is 0 Å². The summed E-state index contributed by atoms with van der Waals surface area (Å²) >= 11 is 0. The van der Waals surface area contributed by atoms with Gasteiger partial charge in [-0.1, -0.05) is 0 Å². The van der Waals surface area contributed by atoms with Crippen molar-refractivity contribution in [2.24, 2.45) is 0 Å². The van der Waals surface area contributed by atoms with Crippen LogP contribution >= 0.6 is 0 Å². The molecule has 8 heteroatoms. The van der Waals surface area contributed by atoms with Crippen molar-refractivity contribution in [2.45, 2.75) is 37.1 Å². The Bertz CT molecular complexity index is 898. The first-order chi connectivity index (χ1) is 11.9. The topological polar surface area (TPSA) is 100 Å². The largest absolute Gasteiger partial charge is 0.478 e. The summed E-state index contributed by atoms with van der Waals surface area (Å²) in [5.41, 5.74) is 2.09. The number of hydrogen-bond donors (Lipinski definition) is 1. The highest BCUT2D eigenvalue weighted by Gasteiger charge is 2.28. The number of nitrogens with zero attached hydrogens (tertiary/aromatic N) is 3. The van der Waals surface area contributed by atoms with Crippen LogP contribution in [0.1, 0.15) is 40.0 Å². The number of hydrogen-bond acceptors (Lipinski definition) is 5. The molecule has 0 fully saturated rings. The Morgan fingerprint density at radius 2 is 2.00 bits per heavy atom. The highest BCUT2D eigenvalue weighted by Crippen LogP contribution is 2.31. The minimum Gasteiger partial charge on any atom is -0.478 e. The number of carbonyl (C=O) groups is 1. The van der Waals surface area contributed by atoms with Gasteiger partial charge < -0.3 is 5.11 Å². The normalized spacial score (nSPS) is 14.3. The first-order valence-corrected chi connectivity index (χ1v) is 9.44. The van der Waals surface area contributed by atoms with Crippen LogP contribution in [0.15, 0.2) is 35.6 Å². The summed E-state index contributed by atoms with van der Waals surface area (Å²) in [4.78, 5) is 19.5. The molecule has 132 valence electrons. The molecule has 0 radical (unpaired) electrons. The standard InChI is InChI=1S/C17H19N3O4S/c1-20(11-14-10-18-6-7-19-14)25(23,24)16-9-13(17(21)22)8-12-4-2-3-5-15(12)16/h6-10H,2-5,11H2,1H3,(H,21,22). The van der Waals surface area contributed by atoms with E-state index in [-0.39, 0.29) is 17.0 Å². The highest BCUT2D eigenvalue weighted by molar-refractivity contribution is 7.89. The molecule has 2 aromatic rings. The first-order valence-electron chi connectivity index (χ1n) is 8.00. The van der Waals surface area contributed by atoms with E-state index < -0.39 is 16.0 Å². The molecule has 0 aliphatic heterocycles. The van der Waals surface area contributed by atoms with E-state index in [1.165, 1.54) is 36.0 Å². The second kappa shape index (κ2) is 6.89. The van der Waals surface area contributed by atoms with Crippen LogP contribution in [-0.2, 0) is 29.4 Å². The average molecular weight is 361 g/mol. The van der Waals surface area contributed by atoms with Crippen LogP contribution in [0.5, 0.6) is 0 Å². The second-order valence-electron chi connectivity index (χ2n) is 6.08. The van der Waals surface area contributed by atoms with Gasteiger partial charge >= 0.3 is 5.97 Å². The first kappa shape index (κ1) is 17.5. The van der Waals surface area contributed by atoms with E-state index in [1.54, 1.807) is 6.07 Å². The van der Waals surface area contributed by atoms with Gasteiger partial charge in [-0.05, 0) is 48.9 Å². The summed E-state index contributed by atoms with van der Waals surface area (Å²) < 4.78 is 27.3. The molecule has 1 aromatic carbocycles. The van der Waals surface area contributed by atoms with Crippen molar-refractivity contribution in [3.63, 3.8) is 0 Å². The number of fused-ring (bicyclic) bond motifs is 1. The molecule has 0 unspecified atom stereocenters. The maximum atomic E-state index is 13.1. The van der Waals surface area contributed by atoms with Crippen molar-refractivity contribution in [1.29, 1.82) is 0 Å². The predicted octanol–water partition coefficient (Wildman–Crippen LogP) is 1.87. The maximum Gasteiger partial charge on any atom is 0.335 e. The van der Waals surface area contributed by atoms with Gasteiger partial charge in [0.15, 0.2) is 0 Å². The van der Waals surface area contributed by atoms with Crippen molar-refractivity contribution in [2.75, 3.05) is 7.05 Å². The van der Waals surface area contributed by atoms with Crippen LogP contribution in [-0.4, -0.2) is 40.8 Å². The molecule has 0 saturated heterocycles.